The first-order valence-corrected chi connectivity index (χ1v) is 9.47. The summed E-state index contributed by atoms with van der Waals surface area (Å²) in [6.45, 7) is 3.29. The van der Waals surface area contributed by atoms with Crippen molar-refractivity contribution in [2.24, 2.45) is 0 Å². The molecule has 0 aliphatic carbocycles. The van der Waals surface area contributed by atoms with Crippen LogP contribution >= 0.6 is 0 Å². The maximum atomic E-state index is 13.6. The number of fused-ring (bicyclic) bond motifs is 1. The molecule has 0 saturated carbocycles. The van der Waals surface area contributed by atoms with E-state index in [2.05, 4.69) is 15.6 Å². The molecule has 0 spiro atoms. The monoisotopic (exact) mass is 431 g/mol. The second-order valence-electron chi connectivity index (χ2n) is 7.34. The van der Waals surface area contributed by atoms with Gasteiger partial charge in [-0.1, -0.05) is 0 Å². The molecule has 1 aliphatic rings. The maximum Gasteiger partial charge on any atom is 0.305 e. The normalized spacial score (nSPS) is 16.0. The van der Waals surface area contributed by atoms with Crippen LogP contribution in [-0.2, 0) is 9.59 Å². The summed E-state index contributed by atoms with van der Waals surface area (Å²) in [5.74, 6) is -2.74. The van der Waals surface area contributed by atoms with Gasteiger partial charge in [0.25, 0.3) is 11.8 Å². The molecule has 1 aromatic carbocycles. The number of carbonyl (C=O) groups excluding carboxylic acids is 2. The van der Waals surface area contributed by atoms with Crippen molar-refractivity contribution in [3.8, 4) is 0 Å². The minimum Gasteiger partial charge on any atom is -0.481 e. The molecule has 1 aliphatic heterocycles. The molecule has 1 aromatic heterocycles. The molecule has 2 amide bonds. The standard InChI is InChI=1S/C21H22FN3O6/c1-9-16(8-14-13-5-11(22)3-4-15(13)24-20(14)30)23-10(2)19(9)21(31)25-17(27)6-12(26)7-18(28)29/h3-5,8,12,17,23,26-27H,6-7H2,1-2H3,(H,24,30)(H,25,31)(H,28,29)/b14-8-/t12-,17+/m1/s1. The van der Waals surface area contributed by atoms with Crippen molar-refractivity contribution >= 4 is 35.1 Å². The van der Waals surface area contributed by atoms with E-state index in [1.54, 1.807) is 13.8 Å². The van der Waals surface area contributed by atoms with Crippen LogP contribution in [0.25, 0.3) is 11.6 Å². The number of aromatic nitrogens is 1. The Kier molecular flexibility index (Phi) is 6.23. The number of hydrogen-bond donors (Lipinski definition) is 6. The predicted molar refractivity (Wildman–Crippen MR) is 110 cm³/mol. The number of aliphatic hydroxyl groups excluding tert-OH is 2. The van der Waals surface area contributed by atoms with E-state index in [1.165, 1.54) is 24.3 Å². The number of nitrogens with one attached hydrogen (secondary N) is 3. The van der Waals surface area contributed by atoms with Gasteiger partial charge in [-0.05, 0) is 43.7 Å². The first-order chi connectivity index (χ1) is 14.6. The number of aliphatic carboxylic acids is 1. The third-order valence-corrected chi connectivity index (χ3v) is 4.96. The average molecular weight is 431 g/mol. The van der Waals surface area contributed by atoms with Gasteiger partial charge in [0.2, 0.25) is 0 Å². The molecule has 31 heavy (non-hydrogen) atoms. The summed E-state index contributed by atoms with van der Waals surface area (Å²) in [5.41, 5.74) is 2.80. The quantitative estimate of drug-likeness (QED) is 0.289. The Labute approximate surface area is 176 Å². The van der Waals surface area contributed by atoms with E-state index in [-0.39, 0.29) is 17.6 Å². The Hall–Kier alpha value is -3.50. The molecule has 2 heterocycles. The topological polar surface area (TPSA) is 152 Å². The molecule has 9 nitrogen and oxygen atoms in total. The molecule has 2 aromatic rings. The molecular formula is C21H22FN3O6. The van der Waals surface area contributed by atoms with Crippen LogP contribution in [0.2, 0.25) is 0 Å². The van der Waals surface area contributed by atoms with Crippen molar-refractivity contribution in [3.05, 3.63) is 52.1 Å². The fourth-order valence-corrected chi connectivity index (χ4v) is 3.53. The zero-order chi connectivity index (χ0) is 22.9. The fourth-order valence-electron chi connectivity index (χ4n) is 3.53. The van der Waals surface area contributed by atoms with Gasteiger partial charge < -0.3 is 30.9 Å². The zero-order valence-corrected chi connectivity index (χ0v) is 16.8. The third kappa shape index (κ3) is 4.81. The van der Waals surface area contributed by atoms with E-state index in [0.717, 1.165) is 0 Å². The van der Waals surface area contributed by atoms with Crippen molar-refractivity contribution in [1.82, 2.24) is 10.3 Å². The highest BCUT2D eigenvalue weighted by molar-refractivity contribution is 6.34. The zero-order valence-electron chi connectivity index (χ0n) is 16.8. The van der Waals surface area contributed by atoms with Crippen molar-refractivity contribution in [2.45, 2.75) is 39.0 Å². The number of amides is 2. The van der Waals surface area contributed by atoms with E-state index < -0.39 is 42.4 Å². The Morgan fingerprint density at radius 2 is 1.97 bits per heavy atom. The van der Waals surface area contributed by atoms with E-state index in [0.29, 0.717) is 28.2 Å². The number of carbonyl (C=O) groups is 3. The second-order valence-corrected chi connectivity index (χ2v) is 7.34. The van der Waals surface area contributed by atoms with Crippen LogP contribution in [0.3, 0.4) is 0 Å². The fraction of sp³-hybridized carbons (Fsp3) is 0.286. The minimum absolute atomic E-state index is 0.233. The Balaban J connectivity index is 1.82. The number of aliphatic hydroxyl groups is 2. The van der Waals surface area contributed by atoms with Crippen LogP contribution < -0.4 is 10.6 Å². The molecule has 6 N–H and O–H groups in total. The average Bonchev–Trinajstić information content (AvgIpc) is 3.10. The van der Waals surface area contributed by atoms with Crippen LogP contribution in [0.1, 0.15) is 45.7 Å². The van der Waals surface area contributed by atoms with Gasteiger partial charge in [0.05, 0.1) is 23.7 Å². The second kappa shape index (κ2) is 8.70. The van der Waals surface area contributed by atoms with Crippen LogP contribution in [0.4, 0.5) is 10.1 Å². The number of aromatic amines is 1. The lowest BCUT2D eigenvalue weighted by Crippen LogP contribution is -2.38. The Morgan fingerprint density at radius 1 is 1.26 bits per heavy atom. The molecule has 0 fully saturated rings. The summed E-state index contributed by atoms with van der Waals surface area (Å²) >= 11 is 0. The number of rotatable bonds is 7. The number of anilines is 1. The maximum absolute atomic E-state index is 13.6. The molecule has 164 valence electrons. The van der Waals surface area contributed by atoms with Crippen LogP contribution in [-0.4, -0.2) is 50.4 Å². The highest BCUT2D eigenvalue weighted by Gasteiger charge is 2.26. The van der Waals surface area contributed by atoms with Gasteiger partial charge in [-0.25, -0.2) is 4.39 Å². The number of benzene rings is 1. The number of carboxylic acids is 1. The van der Waals surface area contributed by atoms with Gasteiger partial charge in [-0.15, -0.1) is 0 Å². The highest BCUT2D eigenvalue weighted by atomic mass is 19.1. The van der Waals surface area contributed by atoms with Gasteiger partial charge in [0.15, 0.2) is 0 Å². The van der Waals surface area contributed by atoms with Gasteiger partial charge in [-0.3, -0.25) is 14.4 Å². The molecule has 0 bridgehead atoms. The number of H-pyrrole nitrogens is 1. The Morgan fingerprint density at radius 3 is 2.65 bits per heavy atom. The van der Waals surface area contributed by atoms with E-state index in [1.807, 2.05) is 0 Å². The van der Waals surface area contributed by atoms with Crippen LogP contribution in [0.15, 0.2) is 18.2 Å². The van der Waals surface area contributed by atoms with Crippen LogP contribution in [0.5, 0.6) is 0 Å². The summed E-state index contributed by atoms with van der Waals surface area (Å²) in [6, 6.07) is 3.96. The number of carboxylic acid groups (broad SMARTS) is 1. The molecule has 0 unspecified atom stereocenters. The summed E-state index contributed by atoms with van der Waals surface area (Å²) in [6.07, 6.45) is -2.15. The minimum atomic E-state index is -1.45. The van der Waals surface area contributed by atoms with E-state index in [9.17, 15) is 29.0 Å². The number of aryl methyl sites for hydroxylation is 1. The summed E-state index contributed by atoms with van der Waals surface area (Å²) in [5, 5.41) is 33.2. The lowest BCUT2D eigenvalue weighted by Gasteiger charge is -2.16. The number of halogens is 1. The largest absolute Gasteiger partial charge is 0.481 e. The predicted octanol–water partition coefficient (Wildman–Crippen LogP) is 1.54. The number of hydrogen-bond acceptors (Lipinski definition) is 5. The first-order valence-electron chi connectivity index (χ1n) is 9.47. The lowest BCUT2D eigenvalue weighted by molar-refractivity contribution is -0.139. The van der Waals surface area contributed by atoms with Gasteiger partial charge >= 0.3 is 5.97 Å². The first kappa shape index (κ1) is 22.2. The molecule has 3 rings (SSSR count). The van der Waals surface area contributed by atoms with Crippen molar-refractivity contribution in [3.63, 3.8) is 0 Å². The molecule has 2 atom stereocenters. The molecule has 0 radical (unpaired) electrons. The summed E-state index contributed by atoms with van der Waals surface area (Å²) in [7, 11) is 0. The van der Waals surface area contributed by atoms with Crippen LogP contribution in [0, 0.1) is 19.7 Å². The summed E-state index contributed by atoms with van der Waals surface area (Å²) < 4.78 is 13.6. The smallest absolute Gasteiger partial charge is 0.305 e. The van der Waals surface area contributed by atoms with Crippen molar-refractivity contribution < 1.29 is 34.1 Å². The van der Waals surface area contributed by atoms with Gasteiger partial charge in [0.1, 0.15) is 12.0 Å². The molecule has 0 saturated heterocycles. The Bertz CT molecular complexity index is 1090. The third-order valence-electron chi connectivity index (χ3n) is 4.96. The van der Waals surface area contributed by atoms with Gasteiger partial charge in [0, 0.05) is 29.1 Å². The lowest BCUT2D eigenvalue weighted by atomic mass is 10.0. The molecule has 10 heteroatoms. The summed E-state index contributed by atoms with van der Waals surface area (Å²) in [4.78, 5) is 38.5. The SMILES string of the molecule is Cc1[nH]c(/C=C2\C(=O)Nc3ccc(F)cc32)c(C)c1C(=O)N[C@@H](O)C[C@@H](O)CC(=O)O. The van der Waals surface area contributed by atoms with Gasteiger partial charge in [-0.2, -0.15) is 0 Å². The highest BCUT2D eigenvalue weighted by Crippen LogP contribution is 2.34. The van der Waals surface area contributed by atoms with Crippen molar-refractivity contribution in [1.29, 1.82) is 0 Å². The molecular weight excluding hydrogens is 409 g/mol. The van der Waals surface area contributed by atoms with E-state index in [4.69, 9.17) is 5.11 Å². The van der Waals surface area contributed by atoms with E-state index >= 15 is 0 Å². The van der Waals surface area contributed by atoms with Crippen molar-refractivity contribution in [2.75, 3.05) is 5.32 Å².